The van der Waals surface area contributed by atoms with Gasteiger partial charge in [0.25, 0.3) is 0 Å². The third-order valence-electron chi connectivity index (χ3n) is 2.27. The number of aromatic nitrogens is 1. The van der Waals surface area contributed by atoms with E-state index in [4.69, 9.17) is 11.6 Å². The molecule has 0 N–H and O–H groups in total. The van der Waals surface area contributed by atoms with Crippen LogP contribution in [0.1, 0.15) is 5.56 Å². The monoisotopic (exact) mass is 257 g/mol. The summed E-state index contributed by atoms with van der Waals surface area (Å²) in [4.78, 5) is 3.70. The number of pyridine rings is 1. The van der Waals surface area contributed by atoms with Crippen LogP contribution < -0.4 is 0 Å². The van der Waals surface area contributed by atoms with E-state index in [0.29, 0.717) is 5.56 Å². The Morgan fingerprint density at radius 3 is 2.24 bits per heavy atom. The number of hydrogen-bond acceptors (Lipinski definition) is 1. The fourth-order valence-electron chi connectivity index (χ4n) is 1.56. The number of alkyl halides is 3. The molecule has 2 aromatic rings. The van der Waals surface area contributed by atoms with Crippen molar-refractivity contribution in [1.29, 1.82) is 0 Å². The van der Waals surface area contributed by atoms with E-state index < -0.39 is 11.7 Å². The summed E-state index contributed by atoms with van der Waals surface area (Å²) >= 11 is 5.58. The first kappa shape index (κ1) is 11.9. The van der Waals surface area contributed by atoms with E-state index >= 15 is 0 Å². The maximum Gasteiger partial charge on any atom is 0.418 e. The molecule has 0 radical (unpaired) electrons. The molecular weight excluding hydrogens is 251 g/mol. The van der Waals surface area contributed by atoms with Gasteiger partial charge in [-0.15, -0.1) is 0 Å². The molecule has 0 fully saturated rings. The van der Waals surface area contributed by atoms with Crippen LogP contribution in [0.25, 0.3) is 11.1 Å². The zero-order valence-electron chi connectivity index (χ0n) is 8.50. The third kappa shape index (κ3) is 2.42. The van der Waals surface area contributed by atoms with Crippen molar-refractivity contribution >= 4 is 11.6 Å². The molecule has 0 saturated carbocycles. The molecule has 0 aliphatic carbocycles. The van der Waals surface area contributed by atoms with E-state index in [1.807, 2.05) is 0 Å². The zero-order chi connectivity index (χ0) is 12.5. The summed E-state index contributed by atoms with van der Waals surface area (Å²) in [5.74, 6) is 0. The number of halogens is 4. The minimum absolute atomic E-state index is 0.00870. The summed E-state index contributed by atoms with van der Waals surface area (Å²) in [7, 11) is 0. The summed E-state index contributed by atoms with van der Waals surface area (Å²) in [5, 5.41) is -0.390. The van der Waals surface area contributed by atoms with Crippen LogP contribution in [0, 0.1) is 0 Å². The van der Waals surface area contributed by atoms with Gasteiger partial charge in [0.15, 0.2) is 0 Å². The fraction of sp³-hybridized carbons (Fsp3) is 0.0833. The zero-order valence-corrected chi connectivity index (χ0v) is 9.26. The number of hydrogen-bond donors (Lipinski definition) is 0. The maximum absolute atomic E-state index is 12.9. The van der Waals surface area contributed by atoms with E-state index in [1.165, 1.54) is 6.20 Å². The maximum atomic E-state index is 12.9. The second kappa shape index (κ2) is 4.37. The second-order valence-electron chi connectivity index (χ2n) is 3.41. The van der Waals surface area contributed by atoms with E-state index in [-0.39, 0.29) is 10.6 Å². The first-order valence-corrected chi connectivity index (χ1v) is 5.14. The summed E-state index contributed by atoms with van der Waals surface area (Å²) in [6.45, 7) is 0. The van der Waals surface area contributed by atoms with Crippen LogP contribution in [0.2, 0.25) is 5.02 Å². The largest absolute Gasteiger partial charge is 0.418 e. The van der Waals surface area contributed by atoms with Crippen LogP contribution in [0.3, 0.4) is 0 Å². The van der Waals surface area contributed by atoms with Crippen LogP contribution in [0.4, 0.5) is 13.2 Å². The van der Waals surface area contributed by atoms with Gasteiger partial charge in [0.1, 0.15) is 0 Å². The van der Waals surface area contributed by atoms with Crippen molar-refractivity contribution in [2.45, 2.75) is 6.18 Å². The van der Waals surface area contributed by atoms with Crippen molar-refractivity contribution in [3.8, 4) is 11.1 Å². The Kier molecular flexibility index (Phi) is 3.07. The SMILES string of the molecule is FC(F)(F)c1c(Cl)cncc1-c1ccccc1. The Morgan fingerprint density at radius 1 is 1.00 bits per heavy atom. The minimum atomic E-state index is -4.49. The van der Waals surface area contributed by atoms with Crippen LogP contribution in [-0.4, -0.2) is 4.98 Å². The predicted octanol–water partition coefficient (Wildman–Crippen LogP) is 4.42. The van der Waals surface area contributed by atoms with Crippen molar-refractivity contribution in [1.82, 2.24) is 4.98 Å². The van der Waals surface area contributed by atoms with Gasteiger partial charge in [-0.2, -0.15) is 13.2 Å². The highest BCUT2D eigenvalue weighted by Gasteiger charge is 2.36. The van der Waals surface area contributed by atoms with Crippen molar-refractivity contribution in [2.75, 3.05) is 0 Å². The number of nitrogens with zero attached hydrogens (tertiary/aromatic N) is 1. The van der Waals surface area contributed by atoms with Crippen molar-refractivity contribution in [3.05, 3.63) is 53.3 Å². The molecule has 0 bridgehead atoms. The normalized spacial score (nSPS) is 11.5. The summed E-state index contributed by atoms with van der Waals surface area (Å²) in [6, 6.07) is 8.23. The van der Waals surface area contributed by atoms with E-state index in [0.717, 1.165) is 6.20 Å². The molecule has 1 aromatic heterocycles. The van der Waals surface area contributed by atoms with Gasteiger partial charge in [-0.25, -0.2) is 0 Å². The topological polar surface area (TPSA) is 12.9 Å². The lowest BCUT2D eigenvalue weighted by Crippen LogP contribution is -2.08. The molecule has 0 unspecified atom stereocenters. The van der Waals surface area contributed by atoms with Crippen LogP contribution in [0.15, 0.2) is 42.7 Å². The van der Waals surface area contributed by atoms with Crippen molar-refractivity contribution < 1.29 is 13.2 Å². The molecule has 0 aliphatic heterocycles. The quantitative estimate of drug-likeness (QED) is 0.737. The molecule has 1 aromatic carbocycles. The average molecular weight is 258 g/mol. The Morgan fingerprint density at radius 2 is 1.65 bits per heavy atom. The van der Waals surface area contributed by atoms with Crippen LogP contribution in [-0.2, 0) is 6.18 Å². The Labute approximate surface area is 101 Å². The molecule has 0 atom stereocenters. The molecule has 0 spiro atoms. The van der Waals surface area contributed by atoms with Gasteiger partial charge in [0.05, 0.1) is 10.6 Å². The highest BCUT2D eigenvalue weighted by Crippen LogP contribution is 2.40. The predicted molar refractivity (Wildman–Crippen MR) is 59.7 cm³/mol. The Balaban J connectivity index is 2.67. The second-order valence-corrected chi connectivity index (χ2v) is 3.81. The lowest BCUT2D eigenvalue weighted by atomic mass is 10.0. The number of benzene rings is 1. The van der Waals surface area contributed by atoms with Gasteiger partial charge in [-0.1, -0.05) is 41.9 Å². The highest BCUT2D eigenvalue weighted by molar-refractivity contribution is 6.31. The van der Waals surface area contributed by atoms with Gasteiger partial charge in [0.2, 0.25) is 0 Å². The van der Waals surface area contributed by atoms with Crippen molar-refractivity contribution in [2.24, 2.45) is 0 Å². The molecule has 0 amide bonds. The summed E-state index contributed by atoms with van der Waals surface area (Å²) < 4.78 is 38.6. The van der Waals surface area contributed by atoms with Crippen LogP contribution in [0.5, 0.6) is 0 Å². The Hall–Kier alpha value is -1.55. The smallest absolute Gasteiger partial charge is 0.262 e. The van der Waals surface area contributed by atoms with Crippen molar-refractivity contribution in [3.63, 3.8) is 0 Å². The van der Waals surface area contributed by atoms with E-state index in [1.54, 1.807) is 30.3 Å². The molecule has 88 valence electrons. The molecular formula is C12H7ClF3N. The molecule has 0 saturated heterocycles. The lowest BCUT2D eigenvalue weighted by molar-refractivity contribution is -0.137. The molecule has 17 heavy (non-hydrogen) atoms. The van der Waals surface area contributed by atoms with Gasteiger partial charge in [-0.05, 0) is 5.56 Å². The first-order valence-electron chi connectivity index (χ1n) is 4.76. The average Bonchev–Trinajstić information content (AvgIpc) is 2.28. The van der Waals surface area contributed by atoms with E-state index in [9.17, 15) is 13.2 Å². The molecule has 5 heteroatoms. The van der Waals surface area contributed by atoms with Crippen LogP contribution >= 0.6 is 11.6 Å². The molecule has 1 nitrogen and oxygen atoms in total. The highest BCUT2D eigenvalue weighted by atomic mass is 35.5. The first-order chi connectivity index (χ1) is 8.00. The minimum Gasteiger partial charge on any atom is -0.262 e. The Bertz CT molecular complexity index is 523. The fourth-order valence-corrected chi connectivity index (χ4v) is 1.82. The molecule has 2 rings (SSSR count). The molecule has 1 heterocycles. The van der Waals surface area contributed by atoms with Gasteiger partial charge < -0.3 is 0 Å². The van der Waals surface area contributed by atoms with Gasteiger partial charge in [0, 0.05) is 18.0 Å². The summed E-state index contributed by atoms with van der Waals surface area (Å²) in [5.41, 5.74) is -0.416. The molecule has 0 aliphatic rings. The van der Waals surface area contributed by atoms with E-state index in [2.05, 4.69) is 4.98 Å². The standard InChI is InChI=1S/C12H7ClF3N/c13-10-7-17-6-9(11(10)12(14,15)16)8-4-2-1-3-5-8/h1-7H. The summed E-state index contributed by atoms with van der Waals surface area (Å²) in [6.07, 6.45) is -2.33. The number of rotatable bonds is 1. The lowest BCUT2D eigenvalue weighted by Gasteiger charge is -2.13. The van der Waals surface area contributed by atoms with Gasteiger partial charge in [-0.3, -0.25) is 4.98 Å². The third-order valence-corrected chi connectivity index (χ3v) is 2.55. The van der Waals surface area contributed by atoms with Gasteiger partial charge >= 0.3 is 6.18 Å².